The fraction of sp³-hybridized carbons (Fsp3) is 0.222. The Morgan fingerprint density at radius 1 is 1.64 bits per heavy atom. The predicted octanol–water partition coefficient (Wildman–Crippen LogP) is 2.44. The summed E-state index contributed by atoms with van der Waals surface area (Å²) < 4.78 is 13.0. The first-order chi connectivity index (χ1) is 6.56. The molecular weight excluding hydrogens is 253 g/mol. The van der Waals surface area contributed by atoms with Crippen LogP contribution >= 0.6 is 15.9 Å². The zero-order valence-electron chi connectivity index (χ0n) is 7.50. The van der Waals surface area contributed by atoms with Crippen LogP contribution in [0.15, 0.2) is 22.7 Å². The zero-order chi connectivity index (χ0) is 10.7. The van der Waals surface area contributed by atoms with Crippen LogP contribution in [0.5, 0.6) is 0 Å². The molecule has 1 N–H and O–H groups in total. The molecule has 0 heterocycles. The summed E-state index contributed by atoms with van der Waals surface area (Å²) in [6.45, 7) is 1.82. The summed E-state index contributed by atoms with van der Waals surface area (Å²) in [5, 5.41) is 9.71. The van der Waals surface area contributed by atoms with Crippen LogP contribution in [0.2, 0.25) is 0 Å². The highest BCUT2D eigenvalue weighted by molar-refractivity contribution is 9.10. The molecule has 0 saturated heterocycles. The van der Waals surface area contributed by atoms with E-state index in [1.807, 2.05) is 0 Å². The minimum absolute atomic E-state index is 0.183. The Morgan fingerprint density at radius 2 is 2.29 bits per heavy atom. The van der Waals surface area contributed by atoms with Crippen LogP contribution in [-0.2, 0) is 0 Å². The molecule has 0 unspecified atom stereocenters. The molecule has 0 aliphatic heterocycles. The maximum Gasteiger partial charge on any atom is 0.278 e. The monoisotopic (exact) mass is 261 g/mol. The van der Waals surface area contributed by atoms with Gasteiger partial charge in [-0.05, 0) is 41.1 Å². The molecule has 0 saturated carbocycles. The van der Waals surface area contributed by atoms with Crippen molar-refractivity contribution in [3.8, 4) is 0 Å². The summed E-state index contributed by atoms with van der Waals surface area (Å²) in [4.78, 5) is 11.4. The van der Waals surface area contributed by atoms with E-state index in [1.165, 1.54) is 18.2 Å². The van der Waals surface area contributed by atoms with Crippen LogP contribution in [0.25, 0.3) is 0 Å². The summed E-state index contributed by atoms with van der Waals surface area (Å²) in [6, 6.07) is 3.67. The van der Waals surface area contributed by atoms with E-state index in [1.54, 1.807) is 6.92 Å². The van der Waals surface area contributed by atoms with Gasteiger partial charge in [0.1, 0.15) is 5.82 Å². The van der Waals surface area contributed by atoms with E-state index in [9.17, 15) is 9.18 Å². The number of amides is 1. The van der Waals surface area contributed by atoms with E-state index >= 15 is 0 Å². The van der Waals surface area contributed by atoms with Crippen molar-refractivity contribution in [2.75, 3.05) is 6.54 Å². The molecule has 1 amide bonds. The van der Waals surface area contributed by atoms with Gasteiger partial charge in [-0.3, -0.25) is 10.0 Å². The lowest BCUT2D eigenvalue weighted by Crippen LogP contribution is -2.27. The third-order valence-corrected chi connectivity index (χ3v) is 2.35. The molecule has 0 bridgehead atoms. The highest BCUT2D eigenvalue weighted by Crippen LogP contribution is 2.19. The first kappa shape index (κ1) is 11.1. The number of nitrogens with zero attached hydrogens (tertiary/aromatic N) is 1. The van der Waals surface area contributed by atoms with Crippen molar-refractivity contribution < 1.29 is 14.4 Å². The van der Waals surface area contributed by atoms with Crippen molar-refractivity contribution in [1.29, 1.82) is 0 Å². The number of carbonyl (C=O) groups excluding carboxylic acids is 1. The van der Waals surface area contributed by atoms with E-state index in [2.05, 4.69) is 15.9 Å². The van der Waals surface area contributed by atoms with Gasteiger partial charge in [-0.1, -0.05) is 0 Å². The third kappa shape index (κ3) is 2.30. The van der Waals surface area contributed by atoms with E-state index < -0.39 is 11.7 Å². The summed E-state index contributed by atoms with van der Waals surface area (Å²) >= 11 is 3.05. The van der Waals surface area contributed by atoms with Crippen molar-refractivity contribution in [2.45, 2.75) is 6.92 Å². The van der Waals surface area contributed by atoms with Crippen LogP contribution in [0, 0.1) is 5.82 Å². The van der Waals surface area contributed by atoms with Gasteiger partial charge in [0.2, 0.25) is 0 Å². The van der Waals surface area contributed by atoms with Gasteiger partial charge in [0.05, 0.1) is 5.56 Å². The normalized spacial score (nSPS) is 10.0. The number of hydrogen-bond acceptors (Lipinski definition) is 2. The lowest BCUT2D eigenvalue weighted by Gasteiger charge is -2.12. The Kier molecular flexibility index (Phi) is 3.60. The average Bonchev–Trinajstić information content (AvgIpc) is 2.15. The Balaban J connectivity index is 3.02. The van der Waals surface area contributed by atoms with Gasteiger partial charge in [-0.2, -0.15) is 0 Å². The molecule has 14 heavy (non-hydrogen) atoms. The zero-order valence-corrected chi connectivity index (χ0v) is 9.08. The average molecular weight is 262 g/mol. The Hall–Kier alpha value is -0.940. The molecule has 0 radical (unpaired) electrons. The van der Waals surface area contributed by atoms with Gasteiger partial charge >= 0.3 is 0 Å². The predicted molar refractivity (Wildman–Crippen MR) is 52.6 cm³/mol. The first-order valence-corrected chi connectivity index (χ1v) is 4.81. The van der Waals surface area contributed by atoms with Gasteiger partial charge in [0.25, 0.3) is 5.91 Å². The molecule has 5 heteroatoms. The fourth-order valence-corrected chi connectivity index (χ4v) is 1.47. The maximum atomic E-state index is 12.7. The largest absolute Gasteiger partial charge is 0.286 e. The Morgan fingerprint density at radius 3 is 2.79 bits per heavy atom. The summed E-state index contributed by atoms with van der Waals surface area (Å²) in [5.41, 5.74) is 0.232. The van der Waals surface area contributed by atoms with E-state index in [0.717, 1.165) is 0 Å². The molecule has 1 aromatic rings. The molecule has 1 rings (SSSR count). The van der Waals surface area contributed by atoms with Crippen LogP contribution < -0.4 is 0 Å². The molecule has 76 valence electrons. The number of hydroxylamine groups is 2. The molecule has 0 aliphatic carbocycles. The van der Waals surface area contributed by atoms with Gasteiger partial charge in [0, 0.05) is 11.0 Å². The van der Waals surface area contributed by atoms with Crippen LogP contribution in [0.4, 0.5) is 4.39 Å². The maximum absolute atomic E-state index is 12.7. The molecule has 0 spiro atoms. The standard InChI is InChI=1S/C9H9BrFNO2/c1-2-12(14)9(13)7-4-3-6(11)5-8(7)10/h3-5,14H,2H2,1H3. The highest BCUT2D eigenvalue weighted by Gasteiger charge is 2.15. The molecule has 0 aromatic heterocycles. The lowest BCUT2D eigenvalue weighted by atomic mass is 10.2. The third-order valence-electron chi connectivity index (χ3n) is 1.70. The number of rotatable bonds is 2. The molecule has 0 fully saturated rings. The number of halogens is 2. The topological polar surface area (TPSA) is 40.5 Å². The highest BCUT2D eigenvalue weighted by atomic mass is 79.9. The van der Waals surface area contributed by atoms with E-state index in [-0.39, 0.29) is 12.1 Å². The number of benzene rings is 1. The molecule has 0 aliphatic rings. The summed E-state index contributed by atoms with van der Waals surface area (Å²) in [6.07, 6.45) is 0. The quantitative estimate of drug-likeness (QED) is 0.656. The van der Waals surface area contributed by atoms with Crippen molar-refractivity contribution in [3.63, 3.8) is 0 Å². The van der Waals surface area contributed by atoms with Gasteiger partial charge in [0.15, 0.2) is 0 Å². The Bertz CT molecular complexity index is 357. The second kappa shape index (κ2) is 4.52. The van der Waals surface area contributed by atoms with Gasteiger partial charge < -0.3 is 0 Å². The number of hydrogen-bond donors (Lipinski definition) is 1. The Labute approximate surface area is 89.2 Å². The SMILES string of the molecule is CCN(O)C(=O)c1ccc(F)cc1Br. The van der Waals surface area contributed by atoms with Crippen LogP contribution in [0.3, 0.4) is 0 Å². The van der Waals surface area contributed by atoms with Gasteiger partial charge in [-0.25, -0.2) is 9.45 Å². The van der Waals surface area contributed by atoms with Gasteiger partial charge in [-0.15, -0.1) is 0 Å². The van der Waals surface area contributed by atoms with E-state index in [0.29, 0.717) is 9.54 Å². The minimum Gasteiger partial charge on any atom is -0.286 e. The van der Waals surface area contributed by atoms with Crippen LogP contribution in [-0.4, -0.2) is 22.7 Å². The second-order valence-electron chi connectivity index (χ2n) is 2.65. The molecule has 0 atom stereocenters. The lowest BCUT2D eigenvalue weighted by molar-refractivity contribution is -0.0542. The molecule has 3 nitrogen and oxygen atoms in total. The van der Waals surface area contributed by atoms with E-state index in [4.69, 9.17) is 5.21 Å². The van der Waals surface area contributed by atoms with Crippen molar-refractivity contribution >= 4 is 21.8 Å². The molecular formula is C9H9BrFNO2. The van der Waals surface area contributed by atoms with Crippen molar-refractivity contribution in [3.05, 3.63) is 34.1 Å². The minimum atomic E-state index is -0.556. The first-order valence-electron chi connectivity index (χ1n) is 4.02. The second-order valence-corrected chi connectivity index (χ2v) is 3.50. The fourth-order valence-electron chi connectivity index (χ4n) is 0.946. The molecule has 1 aromatic carbocycles. The smallest absolute Gasteiger partial charge is 0.278 e. The summed E-state index contributed by atoms with van der Waals surface area (Å²) in [7, 11) is 0. The number of carbonyl (C=O) groups is 1. The van der Waals surface area contributed by atoms with Crippen molar-refractivity contribution in [1.82, 2.24) is 5.06 Å². The summed E-state index contributed by atoms with van der Waals surface area (Å²) in [5.74, 6) is -0.992. The van der Waals surface area contributed by atoms with Crippen LogP contribution in [0.1, 0.15) is 17.3 Å². The van der Waals surface area contributed by atoms with Crippen molar-refractivity contribution in [2.24, 2.45) is 0 Å².